The maximum absolute atomic E-state index is 13.3. The van der Waals surface area contributed by atoms with E-state index in [9.17, 15) is 26.4 Å². The minimum atomic E-state index is -4.86. The Morgan fingerprint density at radius 1 is 1.11 bits per heavy atom. The molecular weight excluding hydrogens is 415 g/mol. The van der Waals surface area contributed by atoms with Gasteiger partial charge >= 0.3 is 6.18 Å². The number of thiophene rings is 1. The first-order valence-electron chi connectivity index (χ1n) is 8.39. The monoisotopic (exact) mass is 433 g/mol. The van der Waals surface area contributed by atoms with Gasteiger partial charge in [0.25, 0.3) is 5.91 Å². The first-order valence-corrected chi connectivity index (χ1v) is 10.8. The third-order valence-corrected chi connectivity index (χ3v) is 6.28. The Kier molecular flexibility index (Phi) is 5.69. The zero-order valence-electron chi connectivity index (χ0n) is 14.6. The lowest BCUT2D eigenvalue weighted by Gasteiger charge is -2.25. The van der Waals surface area contributed by atoms with Gasteiger partial charge in [0.2, 0.25) is 10.0 Å². The molecule has 2 aromatic rings. The fraction of sp³-hybridized carbons (Fsp3) is 0.353. The van der Waals surface area contributed by atoms with Gasteiger partial charge < -0.3 is 9.80 Å². The summed E-state index contributed by atoms with van der Waals surface area (Å²) in [5.41, 5.74) is -1.05. The molecule has 1 aromatic heterocycles. The molecule has 1 aliphatic rings. The van der Waals surface area contributed by atoms with Crippen LogP contribution in [0.1, 0.15) is 21.7 Å². The first-order chi connectivity index (χ1) is 13.1. The summed E-state index contributed by atoms with van der Waals surface area (Å²) in [5.74, 6) is -0.0996. The number of primary sulfonamides is 1. The lowest BCUT2D eigenvalue weighted by Crippen LogP contribution is -2.35. The molecule has 1 amide bonds. The topological polar surface area (TPSA) is 83.7 Å². The number of carbonyl (C=O) groups excluding carboxylic acids is 1. The van der Waals surface area contributed by atoms with E-state index in [0.29, 0.717) is 37.5 Å². The van der Waals surface area contributed by atoms with Crippen LogP contribution in [0.25, 0.3) is 0 Å². The van der Waals surface area contributed by atoms with Crippen LogP contribution in [0.15, 0.2) is 40.6 Å². The van der Waals surface area contributed by atoms with Crippen molar-refractivity contribution in [3.63, 3.8) is 0 Å². The van der Waals surface area contributed by atoms with E-state index in [-0.39, 0.29) is 11.6 Å². The van der Waals surface area contributed by atoms with Crippen LogP contribution in [0.3, 0.4) is 0 Å². The van der Waals surface area contributed by atoms with E-state index in [4.69, 9.17) is 5.14 Å². The molecule has 1 saturated heterocycles. The van der Waals surface area contributed by atoms with E-state index >= 15 is 0 Å². The van der Waals surface area contributed by atoms with Crippen LogP contribution in [-0.4, -0.2) is 45.4 Å². The summed E-state index contributed by atoms with van der Waals surface area (Å²) in [6, 6.07) is 6.51. The van der Waals surface area contributed by atoms with Gasteiger partial charge in [0, 0.05) is 31.9 Å². The fourth-order valence-corrected chi connectivity index (χ4v) is 4.55. The quantitative estimate of drug-likeness (QED) is 0.807. The van der Waals surface area contributed by atoms with Crippen LogP contribution in [0.2, 0.25) is 0 Å². The molecular formula is C17H18F3N3O3S2. The number of hydrogen-bond acceptors (Lipinski definition) is 5. The number of carbonyl (C=O) groups is 1. The van der Waals surface area contributed by atoms with Crippen molar-refractivity contribution < 1.29 is 26.4 Å². The zero-order valence-corrected chi connectivity index (χ0v) is 16.3. The molecule has 0 spiro atoms. The van der Waals surface area contributed by atoms with Crippen molar-refractivity contribution in [2.75, 3.05) is 31.1 Å². The number of nitrogens with two attached hydrogens (primary N) is 1. The van der Waals surface area contributed by atoms with Gasteiger partial charge in [-0.1, -0.05) is 6.07 Å². The third-order valence-electron chi connectivity index (χ3n) is 4.46. The van der Waals surface area contributed by atoms with Crippen molar-refractivity contribution in [1.82, 2.24) is 4.90 Å². The van der Waals surface area contributed by atoms with E-state index < -0.39 is 26.7 Å². The van der Waals surface area contributed by atoms with Crippen molar-refractivity contribution in [3.8, 4) is 0 Å². The molecule has 152 valence electrons. The highest BCUT2D eigenvalue weighted by atomic mass is 32.2. The Labute approximate surface area is 164 Å². The maximum atomic E-state index is 13.3. The Hall–Kier alpha value is -2.11. The van der Waals surface area contributed by atoms with E-state index in [2.05, 4.69) is 0 Å². The SMILES string of the molecule is NS(=O)(=O)c1ccc(N2CCCN(C(=O)c3cccs3)CC2)cc1C(F)(F)F. The Balaban J connectivity index is 1.83. The minimum absolute atomic E-state index is 0.0996. The lowest BCUT2D eigenvalue weighted by molar-refractivity contribution is -0.139. The summed E-state index contributed by atoms with van der Waals surface area (Å²) in [6.07, 6.45) is -4.28. The number of rotatable bonds is 3. The number of amides is 1. The average Bonchev–Trinajstić information content (AvgIpc) is 3.04. The molecule has 2 N–H and O–H groups in total. The number of nitrogens with zero attached hydrogens (tertiary/aromatic N) is 2. The number of halogens is 3. The van der Waals surface area contributed by atoms with Gasteiger partial charge in [0.05, 0.1) is 15.3 Å². The smallest absolute Gasteiger partial charge is 0.370 e. The molecule has 0 radical (unpaired) electrons. The molecule has 6 nitrogen and oxygen atoms in total. The summed E-state index contributed by atoms with van der Waals surface area (Å²) in [4.78, 5) is 15.5. The van der Waals surface area contributed by atoms with Gasteiger partial charge in [-0.2, -0.15) is 13.2 Å². The average molecular weight is 433 g/mol. The lowest BCUT2D eigenvalue weighted by atomic mass is 10.1. The Morgan fingerprint density at radius 2 is 1.86 bits per heavy atom. The largest absolute Gasteiger partial charge is 0.417 e. The minimum Gasteiger partial charge on any atom is -0.370 e. The third kappa shape index (κ3) is 4.47. The van der Waals surface area contributed by atoms with Crippen molar-refractivity contribution in [3.05, 3.63) is 46.2 Å². The molecule has 28 heavy (non-hydrogen) atoms. The number of alkyl halides is 3. The molecule has 0 atom stereocenters. The van der Waals surface area contributed by atoms with Crippen LogP contribution in [-0.2, 0) is 16.2 Å². The van der Waals surface area contributed by atoms with Crippen molar-refractivity contribution in [2.24, 2.45) is 5.14 Å². The van der Waals surface area contributed by atoms with Gasteiger partial charge in [0.15, 0.2) is 0 Å². The molecule has 2 heterocycles. The molecule has 0 aliphatic carbocycles. The van der Waals surface area contributed by atoms with Crippen LogP contribution in [0.5, 0.6) is 0 Å². The first kappa shape index (κ1) is 20.6. The van der Waals surface area contributed by atoms with Crippen molar-refractivity contribution >= 4 is 33.0 Å². The van der Waals surface area contributed by atoms with E-state index in [1.807, 2.05) is 5.38 Å². The molecule has 3 rings (SSSR count). The van der Waals surface area contributed by atoms with Crippen molar-refractivity contribution in [1.29, 1.82) is 0 Å². The highest BCUT2D eigenvalue weighted by Crippen LogP contribution is 2.36. The molecule has 1 fully saturated rings. The van der Waals surface area contributed by atoms with Crippen LogP contribution in [0, 0.1) is 0 Å². The maximum Gasteiger partial charge on any atom is 0.417 e. The van der Waals surface area contributed by atoms with Gasteiger partial charge in [0.1, 0.15) is 0 Å². The van der Waals surface area contributed by atoms with Gasteiger partial charge in [-0.15, -0.1) is 11.3 Å². The zero-order chi connectivity index (χ0) is 20.5. The summed E-state index contributed by atoms with van der Waals surface area (Å²) >= 11 is 1.34. The summed E-state index contributed by atoms with van der Waals surface area (Å²) in [7, 11) is -4.51. The van der Waals surface area contributed by atoms with E-state index in [1.54, 1.807) is 21.9 Å². The van der Waals surface area contributed by atoms with Gasteiger partial charge in [-0.25, -0.2) is 13.6 Å². The molecule has 1 aromatic carbocycles. The Bertz CT molecular complexity index is 960. The van der Waals surface area contributed by atoms with Gasteiger partial charge in [-0.3, -0.25) is 4.79 Å². The summed E-state index contributed by atoms with van der Waals surface area (Å²) in [5, 5.41) is 6.73. The second-order valence-corrected chi connectivity index (χ2v) is 8.81. The molecule has 0 saturated carbocycles. The molecule has 0 bridgehead atoms. The van der Waals surface area contributed by atoms with Gasteiger partial charge in [-0.05, 0) is 36.1 Å². The standard InChI is InChI=1S/C17H18F3N3O3S2/c18-17(19,20)13-11-12(4-5-15(13)28(21,25)26)22-6-2-7-23(9-8-22)16(24)14-3-1-10-27-14/h1,3-5,10-11H,2,6-9H2,(H2,21,25,26). The predicted octanol–water partition coefficient (Wildman–Crippen LogP) is 2.77. The van der Waals surface area contributed by atoms with Crippen LogP contribution < -0.4 is 10.0 Å². The normalized spacial score (nSPS) is 16.1. The molecule has 0 unspecified atom stereocenters. The number of sulfonamides is 1. The van der Waals surface area contributed by atoms with Crippen molar-refractivity contribution in [2.45, 2.75) is 17.5 Å². The Morgan fingerprint density at radius 3 is 2.46 bits per heavy atom. The van der Waals surface area contributed by atoms with E-state index in [1.165, 1.54) is 17.4 Å². The van der Waals surface area contributed by atoms with Crippen LogP contribution in [0.4, 0.5) is 18.9 Å². The number of hydrogen-bond donors (Lipinski definition) is 1. The van der Waals surface area contributed by atoms with E-state index in [0.717, 1.165) is 12.1 Å². The fourth-order valence-electron chi connectivity index (χ4n) is 3.12. The second kappa shape index (κ2) is 7.72. The summed E-state index contributed by atoms with van der Waals surface area (Å²) < 4.78 is 63.0. The predicted molar refractivity (Wildman–Crippen MR) is 99.9 cm³/mol. The number of benzene rings is 1. The molecule has 11 heteroatoms. The number of anilines is 1. The molecule has 1 aliphatic heterocycles. The summed E-state index contributed by atoms with van der Waals surface area (Å²) in [6.45, 7) is 1.63. The van der Waals surface area contributed by atoms with Crippen LogP contribution >= 0.6 is 11.3 Å². The second-order valence-electron chi connectivity index (χ2n) is 6.33. The highest BCUT2D eigenvalue weighted by Gasteiger charge is 2.37. The highest BCUT2D eigenvalue weighted by molar-refractivity contribution is 7.89.